The van der Waals surface area contributed by atoms with Crippen LogP contribution in [0.1, 0.15) is 45.4 Å². The number of hydrogen-bond acceptors (Lipinski definition) is 4. The van der Waals surface area contributed by atoms with Crippen molar-refractivity contribution in [3.63, 3.8) is 0 Å². The largest absolute Gasteiger partial charge is 0.443 e. The zero-order valence-electron chi connectivity index (χ0n) is 15.6. The van der Waals surface area contributed by atoms with Crippen LogP contribution in [0.3, 0.4) is 0 Å². The number of fused-ring (bicyclic) bond motifs is 1. The maximum atomic E-state index is 12.9. The number of nitrogens with two attached hydrogens (primary N) is 1. The molecule has 3 aromatic rings. The Kier molecular flexibility index (Phi) is 4.69. The fourth-order valence-electron chi connectivity index (χ4n) is 3.68. The second kappa shape index (κ2) is 7.31. The third kappa shape index (κ3) is 3.17. The molecular weight excluding hydrogens is 354 g/mol. The van der Waals surface area contributed by atoms with Crippen LogP contribution in [0.2, 0.25) is 0 Å². The molecule has 1 atom stereocenters. The average Bonchev–Trinajstić information content (AvgIpc) is 3.30. The number of esters is 1. The Hall–Kier alpha value is -3.41. The third-order valence-corrected chi connectivity index (χ3v) is 5.05. The summed E-state index contributed by atoms with van der Waals surface area (Å²) in [5, 5.41) is 4.56. The van der Waals surface area contributed by atoms with E-state index in [1.165, 1.54) is 0 Å². The van der Waals surface area contributed by atoms with Crippen molar-refractivity contribution in [3.05, 3.63) is 82.7 Å². The van der Waals surface area contributed by atoms with E-state index in [9.17, 15) is 9.59 Å². The molecule has 0 unspecified atom stereocenters. The van der Waals surface area contributed by atoms with Gasteiger partial charge in [-0.2, -0.15) is 5.10 Å². The Morgan fingerprint density at radius 2 is 1.79 bits per heavy atom. The molecular formula is C22H21N3O3. The van der Waals surface area contributed by atoms with Gasteiger partial charge in [-0.25, -0.2) is 9.48 Å². The maximum Gasteiger partial charge on any atom is 0.360 e. The van der Waals surface area contributed by atoms with Crippen LogP contribution in [0.15, 0.2) is 54.6 Å². The number of benzene rings is 2. The quantitative estimate of drug-likeness (QED) is 0.695. The van der Waals surface area contributed by atoms with Gasteiger partial charge in [-0.3, -0.25) is 4.79 Å². The van der Waals surface area contributed by atoms with Crippen LogP contribution in [-0.4, -0.2) is 21.7 Å². The molecule has 1 aliphatic rings. The number of aromatic nitrogens is 2. The summed E-state index contributed by atoms with van der Waals surface area (Å²) in [4.78, 5) is 24.8. The summed E-state index contributed by atoms with van der Waals surface area (Å²) in [5.74, 6) is -1.34. The minimum atomic E-state index is -1.14. The van der Waals surface area contributed by atoms with Crippen molar-refractivity contribution in [2.45, 2.75) is 32.3 Å². The first-order chi connectivity index (χ1) is 13.6. The lowest BCUT2D eigenvalue weighted by Gasteiger charge is -2.14. The minimum Gasteiger partial charge on any atom is -0.443 e. The zero-order chi connectivity index (χ0) is 19.7. The van der Waals surface area contributed by atoms with Crippen LogP contribution >= 0.6 is 0 Å². The number of rotatable bonds is 5. The molecule has 142 valence electrons. The highest BCUT2D eigenvalue weighted by Crippen LogP contribution is 2.30. The molecule has 4 rings (SSSR count). The Morgan fingerprint density at radius 3 is 2.50 bits per heavy atom. The lowest BCUT2D eigenvalue weighted by molar-refractivity contribution is -0.127. The Balaban J connectivity index is 1.70. The Labute approximate surface area is 162 Å². The molecule has 6 nitrogen and oxygen atoms in total. The van der Waals surface area contributed by atoms with Gasteiger partial charge in [0, 0.05) is 16.8 Å². The highest BCUT2D eigenvalue weighted by molar-refractivity contribution is 5.92. The molecule has 0 bridgehead atoms. The third-order valence-electron chi connectivity index (χ3n) is 5.05. The number of carbonyl (C=O) groups excluding carboxylic acids is 2. The average molecular weight is 375 g/mol. The lowest BCUT2D eigenvalue weighted by atomic mass is 10.1. The summed E-state index contributed by atoms with van der Waals surface area (Å²) in [6.07, 6.45) is 1.42. The van der Waals surface area contributed by atoms with Gasteiger partial charge in [-0.05, 0) is 37.8 Å². The SMILES string of the molecule is Cc1ccccc1-n1nc(C(=O)O[C@@H](C(N)=O)c2ccccc2)c2c1CCC2. The summed E-state index contributed by atoms with van der Waals surface area (Å²) in [5.41, 5.74) is 10.2. The van der Waals surface area contributed by atoms with Crippen molar-refractivity contribution in [1.29, 1.82) is 0 Å². The van der Waals surface area contributed by atoms with E-state index >= 15 is 0 Å². The van der Waals surface area contributed by atoms with E-state index in [2.05, 4.69) is 5.10 Å². The standard InChI is InChI=1S/C22H21N3O3/c1-14-8-5-6-12-17(14)25-18-13-7-11-16(18)19(24-25)22(27)28-20(21(23)26)15-9-3-2-4-10-15/h2-6,8-10,12,20H,7,11,13H2,1H3,(H2,23,26)/t20-/m1/s1. The van der Waals surface area contributed by atoms with Gasteiger partial charge in [0.1, 0.15) is 0 Å². The number of carbonyl (C=O) groups is 2. The molecule has 1 aromatic heterocycles. The highest BCUT2D eigenvalue weighted by atomic mass is 16.5. The number of ether oxygens (including phenoxy) is 1. The highest BCUT2D eigenvalue weighted by Gasteiger charge is 2.31. The van der Waals surface area contributed by atoms with Gasteiger partial charge in [0.2, 0.25) is 6.10 Å². The molecule has 6 heteroatoms. The van der Waals surface area contributed by atoms with Crippen molar-refractivity contribution in [3.8, 4) is 5.69 Å². The molecule has 28 heavy (non-hydrogen) atoms. The van der Waals surface area contributed by atoms with Gasteiger partial charge >= 0.3 is 5.97 Å². The molecule has 2 aromatic carbocycles. The Morgan fingerprint density at radius 1 is 1.07 bits per heavy atom. The van der Waals surface area contributed by atoms with E-state index in [1.54, 1.807) is 24.3 Å². The second-order valence-corrected chi connectivity index (χ2v) is 6.92. The summed E-state index contributed by atoms with van der Waals surface area (Å²) in [6, 6.07) is 16.7. The molecule has 0 aliphatic heterocycles. The number of para-hydroxylation sites is 1. The van der Waals surface area contributed by atoms with Gasteiger partial charge in [0.05, 0.1) is 5.69 Å². The molecule has 0 fully saturated rings. The zero-order valence-corrected chi connectivity index (χ0v) is 15.6. The van der Waals surface area contributed by atoms with Crippen molar-refractivity contribution < 1.29 is 14.3 Å². The molecule has 1 heterocycles. The van der Waals surface area contributed by atoms with E-state index in [1.807, 2.05) is 41.9 Å². The van der Waals surface area contributed by atoms with Crippen LogP contribution in [0, 0.1) is 6.92 Å². The maximum absolute atomic E-state index is 12.9. The van der Waals surface area contributed by atoms with E-state index in [0.29, 0.717) is 5.56 Å². The van der Waals surface area contributed by atoms with Crippen LogP contribution in [0.5, 0.6) is 0 Å². The van der Waals surface area contributed by atoms with Crippen molar-refractivity contribution in [2.75, 3.05) is 0 Å². The topological polar surface area (TPSA) is 87.2 Å². The van der Waals surface area contributed by atoms with E-state index in [0.717, 1.165) is 41.8 Å². The van der Waals surface area contributed by atoms with Gasteiger partial charge in [-0.15, -0.1) is 0 Å². The van der Waals surface area contributed by atoms with Crippen LogP contribution in [0.4, 0.5) is 0 Å². The van der Waals surface area contributed by atoms with Gasteiger partial charge in [-0.1, -0.05) is 48.5 Å². The number of hydrogen-bond donors (Lipinski definition) is 1. The first kappa shape index (κ1) is 18.0. The molecule has 0 saturated carbocycles. The number of aryl methyl sites for hydroxylation is 1. The molecule has 0 saturated heterocycles. The molecule has 0 spiro atoms. The molecule has 1 aliphatic carbocycles. The molecule has 0 radical (unpaired) electrons. The second-order valence-electron chi connectivity index (χ2n) is 6.92. The lowest BCUT2D eigenvalue weighted by Crippen LogP contribution is -2.26. The van der Waals surface area contributed by atoms with E-state index < -0.39 is 18.0 Å². The predicted molar refractivity (Wildman–Crippen MR) is 104 cm³/mol. The normalized spacial score (nSPS) is 13.8. The number of amides is 1. The predicted octanol–water partition coefficient (Wildman–Crippen LogP) is 3.05. The number of nitrogens with zero attached hydrogens (tertiary/aromatic N) is 2. The van der Waals surface area contributed by atoms with E-state index in [-0.39, 0.29) is 5.69 Å². The van der Waals surface area contributed by atoms with Crippen molar-refractivity contribution in [2.24, 2.45) is 5.73 Å². The summed E-state index contributed by atoms with van der Waals surface area (Å²) >= 11 is 0. The first-order valence-corrected chi connectivity index (χ1v) is 9.28. The fraction of sp³-hybridized carbons (Fsp3) is 0.227. The van der Waals surface area contributed by atoms with Crippen molar-refractivity contribution >= 4 is 11.9 Å². The van der Waals surface area contributed by atoms with Crippen molar-refractivity contribution in [1.82, 2.24) is 9.78 Å². The first-order valence-electron chi connectivity index (χ1n) is 9.28. The summed E-state index contributed by atoms with van der Waals surface area (Å²) in [7, 11) is 0. The number of primary amides is 1. The van der Waals surface area contributed by atoms with Gasteiger partial charge in [0.25, 0.3) is 5.91 Å². The Bertz CT molecular complexity index is 1040. The van der Waals surface area contributed by atoms with E-state index in [4.69, 9.17) is 10.5 Å². The fourth-order valence-corrected chi connectivity index (χ4v) is 3.68. The summed E-state index contributed by atoms with van der Waals surface area (Å²) < 4.78 is 7.33. The molecule has 1 amide bonds. The monoisotopic (exact) mass is 375 g/mol. The smallest absolute Gasteiger partial charge is 0.360 e. The van der Waals surface area contributed by atoms with Crippen LogP contribution in [-0.2, 0) is 22.4 Å². The van der Waals surface area contributed by atoms with Gasteiger partial charge in [0.15, 0.2) is 5.69 Å². The van der Waals surface area contributed by atoms with Gasteiger partial charge < -0.3 is 10.5 Å². The van der Waals surface area contributed by atoms with Crippen LogP contribution < -0.4 is 5.73 Å². The molecule has 2 N–H and O–H groups in total. The summed E-state index contributed by atoms with van der Waals surface area (Å²) in [6.45, 7) is 2.01. The van der Waals surface area contributed by atoms with Crippen LogP contribution in [0.25, 0.3) is 5.69 Å². The minimum absolute atomic E-state index is 0.262.